The molecule has 0 spiro atoms. The summed E-state index contributed by atoms with van der Waals surface area (Å²) in [6.07, 6.45) is 1.66. The Bertz CT molecular complexity index is 491. The van der Waals surface area contributed by atoms with Gasteiger partial charge in [-0.1, -0.05) is 40.5 Å². The molecule has 2 rings (SSSR count). The molecule has 5 heteroatoms. The maximum atomic E-state index is 5.99. The lowest BCUT2D eigenvalue weighted by Gasteiger charge is -2.04. The van der Waals surface area contributed by atoms with Gasteiger partial charge in [0.05, 0.1) is 6.21 Å². The van der Waals surface area contributed by atoms with Gasteiger partial charge < -0.3 is 4.84 Å². The van der Waals surface area contributed by atoms with Gasteiger partial charge in [-0.3, -0.25) is 0 Å². The minimum absolute atomic E-state index is 0.264. The average molecular weight is 286 g/mol. The molecule has 1 aromatic carbocycles. The molecule has 88 valence electrons. The average Bonchev–Trinajstić information content (AvgIpc) is 2.80. The zero-order valence-electron chi connectivity index (χ0n) is 8.77. The molecule has 0 saturated carbocycles. The van der Waals surface area contributed by atoms with E-state index in [0.29, 0.717) is 10.0 Å². The quantitative estimate of drug-likeness (QED) is 0.594. The molecule has 0 N–H and O–H groups in total. The van der Waals surface area contributed by atoms with Crippen molar-refractivity contribution in [1.29, 1.82) is 0 Å². The summed E-state index contributed by atoms with van der Waals surface area (Å²) in [6, 6.07) is 9.25. The molecule has 1 heterocycles. The van der Waals surface area contributed by atoms with Crippen LogP contribution in [0.3, 0.4) is 0 Å². The van der Waals surface area contributed by atoms with Crippen LogP contribution in [0, 0.1) is 0 Å². The van der Waals surface area contributed by atoms with Gasteiger partial charge in [0.2, 0.25) is 0 Å². The molecule has 2 aromatic rings. The molecular weight excluding hydrogens is 277 g/mol. The molecule has 2 nitrogen and oxygen atoms in total. The predicted molar refractivity (Wildman–Crippen MR) is 73.2 cm³/mol. The molecule has 1 aromatic heterocycles. The summed E-state index contributed by atoms with van der Waals surface area (Å²) in [5, 5.41) is 7.01. The molecule has 0 radical (unpaired) electrons. The van der Waals surface area contributed by atoms with Crippen LogP contribution in [-0.4, -0.2) is 6.21 Å². The Morgan fingerprint density at radius 1 is 1.18 bits per heavy atom. The zero-order chi connectivity index (χ0) is 12.1. The van der Waals surface area contributed by atoms with E-state index in [2.05, 4.69) is 5.16 Å². The number of nitrogens with zero attached hydrogens (tertiary/aromatic N) is 1. The Morgan fingerprint density at radius 2 is 1.94 bits per heavy atom. The SMILES string of the molecule is Clc1cccc(Cl)c1CON=Cc1cccs1. The molecular formula is C12H9Cl2NOS. The number of halogens is 2. The lowest BCUT2D eigenvalue weighted by atomic mass is 10.2. The topological polar surface area (TPSA) is 21.6 Å². The van der Waals surface area contributed by atoms with Gasteiger partial charge in [0.25, 0.3) is 0 Å². The molecule has 0 fully saturated rings. The monoisotopic (exact) mass is 285 g/mol. The third-order valence-corrected chi connectivity index (χ3v) is 3.58. The summed E-state index contributed by atoms with van der Waals surface area (Å²) in [6.45, 7) is 0.264. The van der Waals surface area contributed by atoms with E-state index in [0.717, 1.165) is 10.4 Å². The van der Waals surface area contributed by atoms with Crippen molar-refractivity contribution in [3.05, 3.63) is 56.2 Å². The Balaban J connectivity index is 1.94. The first-order valence-corrected chi connectivity index (χ1v) is 6.52. The fourth-order valence-corrected chi connectivity index (χ4v) is 2.31. The minimum atomic E-state index is 0.264. The summed E-state index contributed by atoms with van der Waals surface area (Å²) >= 11 is 13.6. The van der Waals surface area contributed by atoms with Gasteiger partial charge in [-0.2, -0.15) is 0 Å². The molecule has 0 bridgehead atoms. The Kier molecular flexibility index (Phi) is 4.42. The van der Waals surface area contributed by atoms with Crippen LogP contribution < -0.4 is 0 Å². The van der Waals surface area contributed by atoms with Gasteiger partial charge in [-0.15, -0.1) is 11.3 Å². The molecule has 0 aliphatic rings. The minimum Gasteiger partial charge on any atom is -0.391 e. The van der Waals surface area contributed by atoms with Gasteiger partial charge in [0, 0.05) is 20.5 Å². The second kappa shape index (κ2) is 6.05. The molecule has 0 unspecified atom stereocenters. The van der Waals surface area contributed by atoms with Crippen molar-refractivity contribution in [3.63, 3.8) is 0 Å². The van der Waals surface area contributed by atoms with Crippen LogP contribution in [-0.2, 0) is 11.4 Å². The van der Waals surface area contributed by atoms with E-state index in [1.165, 1.54) is 0 Å². The summed E-state index contributed by atoms with van der Waals surface area (Å²) in [5.41, 5.74) is 0.749. The molecule has 0 atom stereocenters. The van der Waals surface area contributed by atoms with Gasteiger partial charge >= 0.3 is 0 Å². The third-order valence-electron chi connectivity index (χ3n) is 2.07. The fourth-order valence-electron chi connectivity index (χ4n) is 1.23. The van der Waals surface area contributed by atoms with E-state index in [-0.39, 0.29) is 6.61 Å². The van der Waals surface area contributed by atoms with Crippen molar-refractivity contribution in [2.75, 3.05) is 0 Å². The molecule has 0 saturated heterocycles. The van der Waals surface area contributed by atoms with Gasteiger partial charge in [-0.25, -0.2) is 0 Å². The highest BCUT2D eigenvalue weighted by atomic mass is 35.5. The number of oxime groups is 1. The fraction of sp³-hybridized carbons (Fsp3) is 0.0833. The second-order valence-corrected chi connectivity index (χ2v) is 5.02. The van der Waals surface area contributed by atoms with E-state index in [1.54, 1.807) is 35.8 Å². The summed E-state index contributed by atoms with van der Waals surface area (Å²) < 4.78 is 0. The molecule has 17 heavy (non-hydrogen) atoms. The Morgan fingerprint density at radius 3 is 2.59 bits per heavy atom. The first kappa shape index (κ1) is 12.4. The number of thiophene rings is 1. The maximum Gasteiger partial charge on any atom is 0.145 e. The van der Waals surface area contributed by atoms with Crippen molar-refractivity contribution in [2.24, 2.45) is 5.16 Å². The number of hydrogen-bond donors (Lipinski definition) is 0. The molecule has 0 aliphatic heterocycles. The van der Waals surface area contributed by atoms with Crippen LogP contribution in [0.2, 0.25) is 10.0 Å². The van der Waals surface area contributed by atoms with E-state index in [9.17, 15) is 0 Å². The first-order chi connectivity index (χ1) is 8.27. The largest absolute Gasteiger partial charge is 0.391 e. The van der Waals surface area contributed by atoms with Crippen molar-refractivity contribution < 1.29 is 4.84 Å². The standard InChI is InChI=1S/C12H9Cl2NOS/c13-11-4-1-5-12(14)10(11)8-16-15-7-9-3-2-6-17-9/h1-7H,8H2. The van der Waals surface area contributed by atoms with Crippen LogP contribution in [0.15, 0.2) is 40.9 Å². The van der Waals surface area contributed by atoms with Crippen molar-refractivity contribution in [2.45, 2.75) is 6.61 Å². The maximum absolute atomic E-state index is 5.99. The van der Waals surface area contributed by atoms with Gasteiger partial charge in [0.15, 0.2) is 0 Å². The molecule has 0 aliphatic carbocycles. The van der Waals surface area contributed by atoms with Crippen LogP contribution in [0.5, 0.6) is 0 Å². The number of rotatable bonds is 4. The Labute approximate surface area is 113 Å². The lowest BCUT2D eigenvalue weighted by Crippen LogP contribution is -1.90. The van der Waals surface area contributed by atoms with Crippen LogP contribution >= 0.6 is 34.5 Å². The second-order valence-electron chi connectivity index (χ2n) is 3.22. The van der Waals surface area contributed by atoms with E-state index < -0.39 is 0 Å². The van der Waals surface area contributed by atoms with Crippen LogP contribution in [0.1, 0.15) is 10.4 Å². The summed E-state index contributed by atoms with van der Waals surface area (Å²) in [4.78, 5) is 6.20. The third kappa shape index (κ3) is 3.46. The van der Waals surface area contributed by atoms with Crippen molar-refractivity contribution in [1.82, 2.24) is 0 Å². The normalized spacial score (nSPS) is 10.9. The van der Waals surface area contributed by atoms with Crippen molar-refractivity contribution in [3.8, 4) is 0 Å². The van der Waals surface area contributed by atoms with Gasteiger partial charge in [0.1, 0.15) is 6.61 Å². The van der Waals surface area contributed by atoms with Crippen LogP contribution in [0.25, 0.3) is 0 Å². The summed E-state index contributed by atoms with van der Waals surface area (Å²) in [7, 11) is 0. The van der Waals surface area contributed by atoms with Gasteiger partial charge in [-0.05, 0) is 23.6 Å². The Hall–Kier alpha value is -1.03. The molecule has 0 amide bonds. The first-order valence-electron chi connectivity index (χ1n) is 4.89. The van der Waals surface area contributed by atoms with E-state index in [1.807, 2.05) is 17.5 Å². The number of benzene rings is 1. The smallest absolute Gasteiger partial charge is 0.145 e. The zero-order valence-corrected chi connectivity index (χ0v) is 11.1. The van der Waals surface area contributed by atoms with Crippen molar-refractivity contribution >= 4 is 40.8 Å². The lowest BCUT2D eigenvalue weighted by molar-refractivity contribution is 0.132. The predicted octanol–water partition coefficient (Wildman–Crippen LogP) is 4.61. The van der Waals surface area contributed by atoms with Crippen LogP contribution in [0.4, 0.5) is 0 Å². The van der Waals surface area contributed by atoms with E-state index >= 15 is 0 Å². The highest BCUT2D eigenvalue weighted by molar-refractivity contribution is 7.11. The number of hydrogen-bond acceptors (Lipinski definition) is 3. The highest BCUT2D eigenvalue weighted by Crippen LogP contribution is 2.24. The van der Waals surface area contributed by atoms with E-state index in [4.69, 9.17) is 28.0 Å². The highest BCUT2D eigenvalue weighted by Gasteiger charge is 2.04. The summed E-state index contributed by atoms with van der Waals surface area (Å²) in [5.74, 6) is 0.